The highest BCUT2D eigenvalue weighted by Crippen LogP contribution is 2.49. The molecule has 0 spiro atoms. The predicted octanol–water partition coefficient (Wildman–Crippen LogP) is 3.61. The van der Waals surface area contributed by atoms with Crippen molar-refractivity contribution in [3.05, 3.63) is 101 Å². The Morgan fingerprint density at radius 1 is 0.633 bits per heavy atom. The highest BCUT2D eigenvalue weighted by molar-refractivity contribution is 5.48. The topological polar surface area (TPSA) is 69.9 Å². The summed E-state index contributed by atoms with van der Waals surface area (Å²) in [6, 6.07) is 25.5. The van der Waals surface area contributed by atoms with Gasteiger partial charge in [0, 0.05) is 16.5 Å². The van der Waals surface area contributed by atoms with E-state index in [-0.39, 0.29) is 5.41 Å². The molecule has 0 saturated carbocycles. The van der Waals surface area contributed by atoms with Crippen LogP contribution >= 0.6 is 0 Å². The van der Waals surface area contributed by atoms with E-state index in [9.17, 15) is 15.3 Å². The molecule has 0 aliphatic carbocycles. The Hall–Kier alpha value is -2.66. The van der Waals surface area contributed by atoms with Gasteiger partial charge in [0.2, 0.25) is 0 Å². The van der Waals surface area contributed by atoms with Gasteiger partial charge in [-0.2, -0.15) is 0 Å². The van der Waals surface area contributed by atoms with E-state index >= 15 is 0 Å². The first-order valence-corrected chi connectivity index (χ1v) is 10.2. The van der Waals surface area contributed by atoms with Gasteiger partial charge in [0.05, 0.1) is 25.2 Å². The first-order valence-electron chi connectivity index (χ1n) is 10.2. The highest BCUT2D eigenvalue weighted by atomic mass is 16.5. The lowest BCUT2D eigenvalue weighted by atomic mass is 9.65. The fraction of sp³-hybridized carbons (Fsp3) is 0.308. The molecule has 4 bridgehead atoms. The second-order valence-corrected chi connectivity index (χ2v) is 8.63. The molecule has 0 amide bonds. The largest absolute Gasteiger partial charge is 0.477 e. The molecule has 3 N–H and O–H groups in total. The summed E-state index contributed by atoms with van der Waals surface area (Å²) in [5, 5.41) is 31.4. The smallest absolute Gasteiger partial charge is 0.171 e. The van der Waals surface area contributed by atoms with Crippen LogP contribution in [-0.4, -0.2) is 35.1 Å². The van der Waals surface area contributed by atoms with Crippen LogP contribution in [0.15, 0.2) is 78.9 Å². The van der Waals surface area contributed by atoms with E-state index in [4.69, 9.17) is 4.74 Å². The Morgan fingerprint density at radius 3 is 1.57 bits per heavy atom. The zero-order valence-corrected chi connectivity index (χ0v) is 17.4. The Bertz CT molecular complexity index is 981. The van der Waals surface area contributed by atoms with E-state index in [2.05, 4.69) is 26.0 Å². The lowest BCUT2D eigenvalue weighted by Crippen LogP contribution is -2.57. The average Bonchev–Trinajstić information content (AvgIpc) is 2.84. The molecule has 4 heteroatoms. The van der Waals surface area contributed by atoms with Crippen molar-refractivity contribution in [1.82, 2.24) is 0 Å². The Labute approximate surface area is 177 Å². The summed E-state index contributed by atoms with van der Waals surface area (Å²) in [5.74, 6) is 0.600. The number of benzene rings is 3. The molecule has 4 aliphatic heterocycles. The maximum atomic E-state index is 10.5. The zero-order valence-electron chi connectivity index (χ0n) is 17.4. The van der Waals surface area contributed by atoms with Crippen molar-refractivity contribution in [2.75, 3.05) is 19.8 Å². The summed E-state index contributed by atoms with van der Waals surface area (Å²) in [7, 11) is 0. The Morgan fingerprint density at radius 2 is 1.07 bits per heavy atom. The number of ether oxygens (including phenoxy) is 1. The standard InChI is InChI=1S/C26H28O4/c1-24(2)19-8-10-22(11-9-19)26(21-6-4-3-5-7-21,25(16-27,17-28)18-29)30-23-14-12-20(24)13-15-23/h3-15,27-29H,16-18H2,1-2H3. The van der Waals surface area contributed by atoms with Gasteiger partial charge in [-0.05, 0) is 23.3 Å². The van der Waals surface area contributed by atoms with E-state index in [1.54, 1.807) is 0 Å². The highest BCUT2D eigenvalue weighted by Gasteiger charge is 2.56. The zero-order chi connectivity index (χ0) is 21.4. The average molecular weight is 405 g/mol. The lowest BCUT2D eigenvalue weighted by Gasteiger charge is -2.48. The predicted molar refractivity (Wildman–Crippen MR) is 117 cm³/mol. The van der Waals surface area contributed by atoms with Gasteiger partial charge in [-0.3, -0.25) is 0 Å². The number of hydrogen-bond acceptors (Lipinski definition) is 4. The number of hydrogen-bond donors (Lipinski definition) is 3. The molecule has 0 aromatic heterocycles. The van der Waals surface area contributed by atoms with Gasteiger partial charge in [-0.25, -0.2) is 0 Å². The molecule has 0 saturated heterocycles. The third-order valence-electron chi connectivity index (χ3n) is 6.70. The van der Waals surface area contributed by atoms with Crippen molar-refractivity contribution < 1.29 is 20.1 Å². The lowest BCUT2D eigenvalue weighted by molar-refractivity contribution is -0.121. The fourth-order valence-corrected chi connectivity index (χ4v) is 4.57. The van der Waals surface area contributed by atoms with Crippen LogP contribution in [0.25, 0.3) is 0 Å². The maximum absolute atomic E-state index is 10.5. The first-order chi connectivity index (χ1) is 14.4. The molecule has 1 unspecified atom stereocenters. The molecule has 156 valence electrons. The van der Waals surface area contributed by atoms with Gasteiger partial charge in [0.1, 0.15) is 5.75 Å². The summed E-state index contributed by atoms with van der Waals surface area (Å²) < 4.78 is 6.68. The van der Waals surface area contributed by atoms with Gasteiger partial charge in [0.25, 0.3) is 0 Å². The van der Waals surface area contributed by atoms with Gasteiger partial charge in [-0.15, -0.1) is 0 Å². The van der Waals surface area contributed by atoms with Crippen molar-refractivity contribution in [2.24, 2.45) is 5.41 Å². The Kier molecular flexibility index (Phi) is 5.18. The second kappa shape index (κ2) is 7.55. The molecule has 4 nitrogen and oxygen atoms in total. The van der Waals surface area contributed by atoms with Crippen LogP contribution in [0.4, 0.5) is 0 Å². The van der Waals surface area contributed by atoms with Crippen LogP contribution in [0, 0.1) is 5.41 Å². The fourth-order valence-electron chi connectivity index (χ4n) is 4.57. The molecule has 0 radical (unpaired) electrons. The van der Waals surface area contributed by atoms with Crippen molar-refractivity contribution in [1.29, 1.82) is 0 Å². The van der Waals surface area contributed by atoms with Gasteiger partial charge in [0.15, 0.2) is 5.60 Å². The molecule has 1 atom stereocenters. The van der Waals surface area contributed by atoms with Crippen LogP contribution < -0.4 is 4.74 Å². The second-order valence-electron chi connectivity index (χ2n) is 8.63. The molecule has 3 aromatic carbocycles. The molecule has 4 heterocycles. The van der Waals surface area contributed by atoms with Gasteiger partial charge >= 0.3 is 0 Å². The molecular formula is C26H28O4. The SMILES string of the molecule is CC1(C)c2ccc(cc2)OC(c2ccccc2)(C(CO)(CO)CO)c2ccc1cc2. The summed E-state index contributed by atoms with van der Waals surface area (Å²) >= 11 is 0. The molecular weight excluding hydrogens is 376 g/mol. The van der Waals surface area contributed by atoms with E-state index in [0.29, 0.717) is 5.75 Å². The van der Waals surface area contributed by atoms with Gasteiger partial charge < -0.3 is 20.1 Å². The third kappa shape index (κ3) is 2.87. The quantitative estimate of drug-likeness (QED) is 0.608. The molecule has 4 aliphatic rings. The van der Waals surface area contributed by atoms with E-state index in [1.165, 1.54) is 0 Å². The molecule has 30 heavy (non-hydrogen) atoms. The van der Waals surface area contributed by atoms with Crippen LogP contribution in [0.1, 0.15) is 36.1 Å². The maximum Gasteiger partial charge on any atom is 0.171 e. The third-order valence-corrected chi connectivity index (χ3v) is 6.70. The summed E-state index contributed by atoms with van der Waals surface area (Å²) in [4.78, 5) is 0. The molecule has 3 aromatic rings. The van der Waals surface area contributed by atoms with Crippen LogP contribution in [0.2, 0.25) is 0 Å². The van der Waals surface area contributed by atoms with Crippen LogP contribution in [-0.2, 0) is 11.0 Å². The monoisotopic (exact) mass is 404 g/mol. The first kappa shape index (κ1) is 20.6. The minimum atomic E-state index is -1.36. The normalized spacial score (nSPS) is 19.9. The van der Waals surface area contributed by atoms with Crippen molar-refractivity contribution in [2.45, 2.75) is 24.9 Å². The minimum absolute atomic E-state index is 0.196. The van der Waals surface area contributed by atoms with Crippen molar-refractivity contribution in [3.8, 4) is 5.75 Å². The van der Waals surface area contributed by atoms with E-state index in [0.717, 1.165) is 22.3 Å². The Balaban J connectivity index is 2.11. The van der Waals surface area contributed by atoms with Crippen molar-refractivity contribution >= 4 is 0 Å². The molecule has 7 rings (SSSR count). The van der Waals surface area contributed by atoms with Crippen LogP contribution in [0.3, 0.4) is 0 Å². The summed E-state index contributed by atoms with van der Waals surface area (Å²) in [6.07, 6.45) is 0. The number of rotatable bonds is 5. The van der Waals surface area contributed by atoms with Gasteiger partial charge in [-0.1, -0.05) is 80.6 Å². The van der Waals surface area contributed by atoms with E-state index in [1.807, 2.05) is 66.7 Å². The number of aliphatic hydroxyl groups excluding tert-OH is 3. The van der Waals surface area contributed by atoms with Crippen LogP contribution in [0.5, 0.6) is 5.75 Å². The molecule has 0 fully saturated rings. The minimum Gasteiger partial charge on any atom is -0.477 e. The van der Waals surface area contributed by atoms with Crippen molar-refractivity contribution in [3.63, 3.8) is 0 Å². The summed E-state index contributed by atoms with van der Waals surface area (Å²) in [5.41, 5.74) is 0.948. The van der Waals surface area contributed by atoms with E-state index < -0.39 is 30.8 Å². The number of aliphatic hydroxyl groups is 3. The summed E-state index contributed by atoms with van der Waals surface area (Å²) in [6.45, 7) is 2.99.